The van der Waals surface area contributed by atoms with Crippen LogP contribution in [0.1, 0.15) is 22.4 Å². The molecule has 2 aromatic heterocycles. The monoisotopic (exact) mass is 404 g/mol. The summed E-state index contributed by atoms with van der Waals surface area (Å²) in [5.74, 6) is 4.88. The first-order valence-corrected chi connectivity index (χ1v) is 8.53. The Morgan fingerprint density at radius 2 is 1.86 bits per heavy atom. The zero-order chi connectivity index (χ0) is 21.2. The van der Waals surface area contributed by atoms with Gasteiger partial charge in [0.1, 0.15) is 0 Å². The molecule has 0 radical (unpaired) electrons. The number of allylic oxidation sites excluding steroid dienone is 1. The number of hydrogen-bond acceptors (Lipinski definition) is 6. The van der Waals surface area contributed by atoms with E-state index in [0.29, 0.717) is 12.1 Å². The fourth-order valence-corrected chi connectivity index (χ4v) is 2.75. The van der Waals surface area contributed by atoms with Crippen LogP contribution in [0.4, 0.5) is 13.2 Å². The lowest BCUT2D eigenvalue weighted by molar-refractivity contribution is -0.0961. The van der Waals surface area contributed by atoms with Crippen molar-refractivity contribution in [3.05, 3.63) is 76.7 Å². The number of nitrogens with zero attached hydrogens (tertiary/aromatic N) is 3. The normalized spacial score (nSPS) is 12.6. The van der Waals surface area contributed by atoms with E-state index < -0.39 is 17.6 Å². The molecule has 0 fully saturated rings. The summed E-state index contributed by atoms with van der Waals surface area (Å²) in [7, 11) is 0. The quantitative estimate of drug-likeness (QED) is 0.384. The average molecular weight is 404 g/mol. The minimum atomic E-state index is -4.75. The lowest BCUT2D eigenvalue weighted by atomic mass is 10.1. The SMILES string of the molecule is Cc1ccc(Cc2cc(O)n(-c3cc(/C(N)=C(/NN)C(F)(F)F)ccn3)n2)cc1. The molecule has 0 aliphatic heterocycles. The van der Waals surface area contributed by atoms with Crippen LogP contribution in [-0.2, 0) is 6.42 Å². The van der Waals surface area contributed by atoms with Crippen molar-refractivity contribution < 1.29 is 18.3 Å². The first-order valence-electron chi connectivity index (χ1n) is 8.53. The molecule has 0 aliphatic rings. The summed E-state index contributed by atoms with van der Waals surface area (Å²) in [5.41, 5.74) is 8.06. The molecule has 0 bridgehead atoms. The lowest BCUT2D eigenvalue weighted by Gasteiger charge is -2.15. The molecule has 10 heteroatoms. The number of aryl methyl sites for hydroxylation is 1. The minimum absolute atomic E-state index is 0.0234. The summed E-state index contributed by atoms with van der Waals surface area (Å²) in [6.07, 6.45) is -3.02. The maximum Gasteiger partial charge on any atom is 0.434 e. The molecule has 6 N–H and O–H groups in total. The van der Waals surface area contributed by atoms with E-state index in [1.165, 1.54) is 24.4 Å². The van der Waals surface area contributed by atoms with Gasteiger partial charge in [0.25, 0.3) is 0 Å². The van der Waals surface area contributed by atoms with E-state index in [1.807, 2.05) is 31.2 Å². The van der Waals surface area contributed by atoms with E-state index in [9.17, 15) is 18.3 Å². The number of rotatable bonds is 5. The molecule has 2 heterocycles. The van der Waals surface area contributed by atoms with Crippen LogP contribution in [0.5, 0.6) is 5.88 Å². The second kappa shape index (κ2) is 7.84. The molecule has 7 nitrogen and oxygen atoms in total. The number of aromatic hydroxyl groups is 1. The topological polar surface area (TPSA) is 115 Å². The summed E-state index contributed by atoms with van der Waals surface area (Å²) >= 11 is 0. The van der Waals surface area contributed by atoms with Crippen LogP contribution in [-0.4, -0.2) is 26.0 Å². The van der Waals surface area contributed by atoms with Crippen LogP contribution in [0, 0.1) is 6.92 Å². The number of halogens is 3. The van der Waals surface area contributed by atoms with Gasteiger partial charge < -0.3 is 16.3 Å². The molecule has 3 rings (SSSR count). The van der Waals surface area contributed by atoms with E-state index in [1.54, 1.807) is 5.43 Å². The predicted molar refractivity (Wildman–Crippen MR) is 101 cm³/mol. The average Bonchev–Trinajstić information content (AvgIpc) is 3.03. The second-order valence-electron chi connectivity index (χ2n) is 6.40. The third-order valence-corrected chi connectivity index (χ3v) is 4.22. The van der Waals surface area contributed by atoms with Gasteiger partial charge in [0.2, 0.25) is 5.88 Å². The van der Waals surface area contributed by atoms with E-state index >= 15 is 0 Å². The summed E-state index contributed by atoms with van der Waals surface area (Å²) < 4.78 is 40.2. The van der Waals surface area contributed by atoms with Crippen molar-refractivity contribution >= 4 is 5.70 Å². The number of nitrogens with one attached hydrogen (secondary N) is 1. The Kier molecular flexibility index (Phi) is 5.46. The number of aromatic nitrogens is 3. The minimum Gasteiger partial charge on any atom is -0.493 e. The number of pyridine rings is 1. The van der Waals surface area contributed by atoms with Crippen molar-refractivity contribution in [2.24, 2.45) is 11.6 Å². The molecule has 0 saturated carbocycles. The Hall–Kier alpha value is -3.53. The van der Waals surface area contributed by atoms with E-state index in [0.717, 1.165) is 15.8 Å². The fraction of sp³-hybridized carbons (Fsp3) is 0.158. The van der Waals surface area contributed by atoms with E-state index in [2.05, 4.69) is 10.1 Å². The molecule has 0 atom stereocenters. The van der Waals surface area contributed by atoms with Gasteiger partial charge in [-0.05, 0) is 24.6 Å². The van der Waals surface area contributed by atoms with Crippen molar-refractivity contribution in [2.75, 3.05) is 0 Å². The van der Waals surface area contributed by atoms with Crippen molar-refractivity contribution in [3.63, 3.8) is 0 Å². The smallest absolute Gasteiger partial charge is 0.434 e. The summed E-state index contributed by atoms with van der Waals surface area (Å²) in [5, 5.41) is 14.5. The van der Waals surface area contributed by atoms with Gasteiger partial charge in [0, 0.05) is 24.2 Å². The highest BCUT2D eigenvalue weighted by molar-refractivity contribution is 5.67. The van der Waals surface area contributed by atoms with Crippen LogP contribution in [0.2, 0.25) is 0 Å². The standard InChI is InChI=1S/C19H19F3N6O/c1-11-2-4-12(5-3-11)8-14-10-16(29)28(27-14)15-9-13(6-7-25-15)17(23)18(26-24)19(20,21)22/h2-7,9-10,26,29H,8,23-24H2,1H3/b18-17-. The first kappa shape index (κ1) is 20.2. The summed E-state index contributed by atoms with van der Waals surface area (Å²) in [6.45, 7) is 1.98. The zero-order valence-electron chi connectivity index (χ0n) is 15.4. The molecule has 1 aromatic carbocycles. The Morgan fingerprint density at radius 1 is 1.17 bits per heavy atom. The maximum atomic E-state index is 13.0. The third-order valence-electron chi connectivity index (χ3n) is 4.22. The largest absolute Gasteiger partial charge is 0.493 e. The number of nitrogens with two attached hydrogens (primary N) is 2. The highest BCUT2D eigenvalue weighted by Crippen LogP contribution is 2.28. The molecule has 0 unspecified atom stereocenters. The Balaban J connectivity index is 1.94. The zero-order valence-corrected chi connectivity index (χ0v) is 15.4. The molecule has 152 valence electrons. The van der Waals surface area contributed by atoms with Gasteiger partial charge in [-0.25, -0.2) is 4.98 Å². The van der Waals surface area contributed by atoms with Crippen molar-refractivity contribution in [3.8, 4) is 11.7 Å². The van der Waals surface area contributed by atoms with Gasteiger partial charge in [-0.15, -0.1) is 0 Å². The molecule has 0 aliphatic carbocycles. The Morgan fingerprint density at radius 3 is 2.48 bits per heavy atom. The second-order valence-corrected chi connectivity index (χ2v) is 6.40. The van der Waals surface area contributed by atoms with Crippen LogP contribution in [0.15, 0.2) is 54.4 Å². The van der Waals surface area contributed by atoms with Gasteiger partial charge in [0.15, 0.2) is 11.5 Å². The fourth-order valence-electron chi connectivity index (χ4n) is 2.75. The van der Waals surface area contributed by atoms with Crippen LogP contribution in [0.25, 0.3) is 11.5 Å². The van der Waals surface area contributed by atoms with Gasteiger partial charge in [0.05, 0.1) is 11.4 Å². The first-order chi connectivity index (χ1) is 13.7. The molecule has 0 spiro atoms. The summed E-state index contributed by atoms with van der Waals surface area (Å²) in [6, 6.07) is 11.9. The maximum absolute atomic E-state index is 13.0. The van der Waals surface area contributed by atoms with E-state index in [-0.39, 0.29) is 17.3 Å². The van der Waals surface area contributed by atoms with Gasteiger partial charge in [-0.3, -0.25) is 5.84 Å². The molecule has 0 saturated heterocycles. The highest BCUT2D eigenvalue weighted by Gasteiger charge is 2.36. The van der Waals surface area contributed by atoms with Crippen LogP contribution >= 0.6 is 0 Å². The van der Waals surface area contributed by atoms with Crippen molar-refractivity contribution in [2.45, 2.75) is 19.5 Å². The number of benzene rings is 1. The highest BCUT2D eigenvalue weighted by atomic mass is 19.4. The Bertz CT molecular complexity index is 1040. The predicted octanol–water partition coefficient (Wildman–Crippen LogP) is 2.53. The molecular formula is C19H19F3N6O. The Labute approximate surface area is 164 Å². The summed E-state index contributed by atoms with van der Waals surface area (Å²) in [4.78, 5) is 4.06. The number of alkyl halides is 3. The molecule has 0 amide bonds. The van der Waals surface area contributed by atoms with E-state index in [4.69, 9.17) is 11.6 Å². The van der Waals surface area contributed by atoms with Crippen LogP contribution in [0.3, 0.4) is 0 Å². The molecule has 29 heavy (non-hydrogen) atoms. The third kappa shape index (κ3) is 4.49. The van der Waals surface area contributed by atoms with Crippen molar-refractivity contribution in [1.82, 2.24) is 20.2 Å². The van der Waals surface area contributed by atoms with Crippen molar-refractivity contribution in [1.29, 1.82) is 0 Å². The van der Waals surface area contributed by atoms with Crippen LogP contribution < -0.4 is 17.0 Å². The lowest BCUT2D eigenvalue weighted by Crippen LogP contribution is -2.34. The molecule has 3 aromatic rings. The number of hydrazine groups is 1. The van der Waals surface area contributed by atoms with Gasteiger partial charge in [-0.2, -0.15) is 23.0 Å². The van der Waals surface area contributed by atoms with Gasteiger partial charge in [-0.1, -0.05) is 29.8 Å². The number of hydrogen-bond donors (Lipinski definition) is 4. The van der Waals surface area contributed by atoms with Gasteiger partial charge >= 0.3 is 6.18 Å². The molecular weight excluding hydrogens is 385 g/mol.